The molecule has 2 amide bonds. The van der Waals surface area contributed by atoms with Gasteiger partial charge in [0.15, 0.2) is 0 Å². The third kappa shape index (κ3) is 5.63. The molecule has 0 fully saturated rings. The van der Waals surface area contributed by atoms with Crippen LogP contribution in [-0.4, -0.2) is 46.2 Å². The third-order valence-electron chi connectivity index (χ3n) is 2.93. The molecule has 1 aromatic carbocycles. The summed E-state index contributed by atoms with van der Waals surface area (Å²) >= 11 is 8.45. The van der Waals surface area contributed by atoms with E-state index in [-0.39, 0.29) is 24.0 Å². The Balaban J connectivity index is 1.79. The Kier molecular flexibility index (Phi) is 6.61. The summed E-state index contributed by atoms with van der Waals surface area (Å²) in [7, 11) is 0. The minimum Gasteiger partial charge on any atom is -0.481 e. The van der Waals surface area contributed by atoms with Crippen LogP contribution < -0.4 is 10.6 Å². The molecular formula is C14H15ClN2O4S2. The van der Waals surface area contributed by atoms with Gasteiger partial charge < -0.3 is 15.7 Å². The first-order valence-electron chi connectivity index (χ1n) is 6.79. The Bertz CT molecular complexity index is 627. The molecule has 1 heterocycles. The summed E-state index contributed by atoms with van der Waals surface area (Å²) in [5.41, 5.74) is 0.661. The Morgan fingerprint density at radius 2 is 2.22 bits per heavy atom. The topological polar surface area (TPSA) is 95.5 Å². The van der Waals surface area contributed by atoms with Crippen LogP contribution >= 0.6 is 35.1 Å². The number of thioether (sulfide) groups is 2. The van der Waals surface area contributed by atoms with Gasteiger partial charge in [0.25, 0.3) is 0 Å². The molecule has 0 aliphatic carbocycles. The predicted octanol–water partition coefficient (Wildman–Crippen LogP) is 2.08. The monoisotopic (exact) mass is 374 g/mol. The number of carboxylic acid groups (broad SMARTS) is 1. The summed E-state index contributed by atoms with van der Waals surface area (Å²) in [5, 5.41) is 14.0. The molecule has 0 bridgehead atoms. The standard InChI is InChI=1S/C14H15ClN2O4S2/c15-8-1-2-10-9(5-8)17-14(21)11(23-10)6-12(18)16-3-4-22-7-13(19)20/h1-2,5,11H,3-4,6-7H2,(H,16,18)(H,17,21)(H,19,20). The molecule has 0 aromatic heterocycles. The average Bonchev–Trinajstić information content (AvgIpc) is 2.47. The number of nitrogens with one attached hydrogen (secondary N) is 2. The quantitative estimate of drug-likeness (QED) is 0.632. The highest BCUT2D eigenvalue weighted by atomic mass is 35.5. The molecule has 1 unspecified atom stereocenters. The van der Waals surface area contributed by atoms with Crippen LogP contribution in [0.2, 0.25) is 5.02 Å². The van der Waals surface area contributed by atoms with Crippen molar-refractivity contribution in [2.45, 2.75) is 16.6 Å². The van der Waals surface area contributed by atoms with Crippen LogP contribution in [0.15, 0.2) is 23.1 Å². The molecule has 1 aromatic rings. The predicted molar refractivity (Wildman–Crippen MR) is 92.3 cm³/mol. The van der Waals surface area contributed by atoms with Crippen molar-refractivity contribution in [2.75, 3.05) is 23.4 Å². The third-order valence-corrected chi connectivity index (χ3v) is 5.38. The van der Waals surface area contributed by atoms with Gasteiger partial charge in [0.1, 0.15) is 0 Å². The molecular weight excluding hydrogens is 360 g/mol. The second-order valence-electron chi connectivity index (χ2n) is 4.74. The first kappa shape index (κ1) is 18.0. The van der Waals surface area contributed by atoms with Crippen molar-refractivity contribution >= 4 is 58.6 Å². The first-order valence-corrected chi connectivity index (χ1v) is 9.20. The average molecular weight is 375 g/mol. The minimum atomic E-state index is -0.879. The lowest BCUT2D eigenvalue weighted by molar-refractivity contribution is -0.134. The summed E-state index contributed by atoms with van der Waals surface area (Å²) in [6, 6.07) is 5.23. The van der Waals surface area contributed by atoms with Crippen LogP contribution in [-0.2, 0) is 14.4 Å². The molecule has 6 nitrogen and oxygen atoms in total. The zero-order valence-electron chi connectivity index (χ0n) is 12.0. The number of hydrogen-bond acceptors (Lipinski definition) is 5. The van der Waals surface area contributed by atoms with Gasteiger partial charge in [-0.3, -0.25) is 14.4 Å². The molecule has 1 aliphatic heterocycles. The van der Waals surface area contributed by atoms with Crippen molar-refractivity contribution in [3.63, 3.8) is 0 Å². The highest BCUT2D eigenvalue weighted by Gasteiger charge is 2.28. The summed E-state index contributed by atoms with van der Waals surface area (Å²) in [5.74, 6) is -0.805. The van der Waals surface area contributed by atoms with E-state index in [0.717, 1.165) is 4.90 Å². The fourth-order valence-corrected chi connectivity index (χ4v) is 3.75. The lowest BCUT2D eigenvalue weighted by atomic mass is 10.2. The lowest BCUT2D eigenvalue weighted by Gasteiger charge is -2.23. The number of rotatable bonds is 7. The van der Waals surface area contributed by atoms with Crippen molar-refractivity contribution < 1.29 is 19.5 Å². The number of carbonyl (C=O) groups is 3. The summed E-state index contributed by atoms with van der Waals surface area (Å²) < 4.78 is 0. The first-order chi connectivity index (χ1) is 11.0. The van der Waals surface area contributed by atoms with Gasteiger partial charge in [-0.05, 0) is 18.2 Å². The zero-order valence-corrected chi connectivity index (χ0v) is 14.4. The van der Waals surface area contributed by atoms with Gasteiger partial charge in [-0.1, -0.05) is 11.6 Å². The molecule has 0 saturated carbocycles. The number of benzene rings is 1. The van der Waals surface area contributed by atoms with Gasteiger partial charge in [0.2, 0.25) is 11.8 Å². The van der Waals surface area contributed by atoms with Crippen LogP contribution in [0.25, 0.3) is 0 Å². The number of hydrogen-bond donors (Lipinski definition) is 3. The summed E-state index contributed by atoms with van der Waals surface area (Å²) in [4.78, 5) is 35.1. The van der Waals surface area contributed by atoms with E-state index in [1.807, 2.05) is 6.07 Å². The highest BCUT2D eigenvalue weighted by molar-refractivity contribution is 8.01. The SMILES string of the molecule is O=C(O)CSCCNC(=O)CC1Sc2ccc(Cl)cc2NC1=O. The Morgan fingerprint density at radius 3 is 2.96 bits per heavy atom. The van der Waals surface area contributed by atoms with Crippen LogP contribution in [0.3, 0.4) is 0 Å². The van der Waals surface area contributed by atoms with Crippen molar-refractivity contribution in [1.29, 1.82) is 0 Å². The van der Waals surface area contributed by atoms with Gasteiger partial charge in [-0.15, -0.1) is 23.5 Å². The van der Waals surface area contributed by atoms with Crippen LogP contribution in [0, 0.1) is 0 Å². The maximum absolute atomic E-state index is 12.0. The van der Waals surface area contributed by atoms with Crippen molar-refractivity contribution in [2.24, 2.45) is 0 Å². The van der Waals surface area contributed by atoms with Gasteiger partial charge in [0, 0.05) is 28.6 Å². The highest BCUT2D eigenvalue weighted by Crippen LogP contribution is 2.38. The summed E-state index contributed by atoms with van der Waals surface area (Å²) in [6.45, 7) is 0.377. The van der Waals surface area contributed by atoms with E-state index >= 15 is 0 Å². The normalized spacial score (nSPS) is 16.4. The van der Waals surface area contributed by atoms with Crippen LogP contribution in [0.5, 0.6) is 0 Å². The molecule has 0 spiro atoms. The van der Waals surface area contributed by atoms with Gasteiger partial charge in [-0.2, -0.15) is 0 Å². The number of carboxylic acids is 1. The van der Waals surface area contributed by atoms with E-state index in [1.54, 1.807) is 12.1 Å². The number of amides is 2. The van der Waals surface area contributed by atoms with E-state index < -0.39 is 11.2 Å². The maximum Gasteiger partial charge on any atom is 0.313 e. The largest absolute Gasteiger partial charge is 0.481 e. The molecule has 23 heavy (non-hydrogen) atoms. The Labute approximate surface area is 146 Å². The second kappa shape index (κ2) is 8.47. The number of anilines is 1. The van der Waals surface area contributed by atoms with E-state index in [0.29, 0.717) is 23.0 Å². The fourth-order valence-electron chi connectivity index (χ4n) is 1.92. The van der Waals surface area contributed by atoms with Crippen LogP contribution in [0.4, 0.5) is 5.69 Å². The molecule has 0 radical (unpaired) electrons. The molecule has 124 valence electrons. The molecule has 0 saturated heterocycles. The van der Waals surface area contributed by atoms with Gasteiger partial charge in [0.05, 0.1) is 16.7 Å². The second-order valence-corrected chi connectivity index (χ2v) is 7.52. The molecule has 3 N–H and O–H groups in total. The number of aliphatic carboxylic acids is 1. The van der Waals surface area contributed by atoms with Crippen molar-refractivity contribution in [1.82, 2.24) is 5.32 Å². The molecule has 2 rings (SSSR count). The molecule has 9 heteroatoms. The number of fused-ring (bicyclic) bond motifs is 1. The summed E-state index contributed by atoms with van der Waals surface area (Å²) in [6.07, 6.45) is 0.0716. The van der Waals surface area contributed by atoms with Gasteiger partial charge >= 0.3 is 5.97 Å². The number of carbonyl (C=O) groups excluding carboxylic acids is 2. The van der Waals surface area contributed by atoms with Crippen LogP contribution in [0.1, 0.15) is 6.42 Å². The zero-order chi connectivity index (χ0) is 16.8. The smallest absolute Gasteiger partial charge is 0.313 e. The van der Waals surface area contributed by atoms with E-state index in [9.17, 15) is 14.4 Å². The van der Waals surface area contributed by atoms with Crippen molar-refractivity contribution in [3.05, 3.63) is 23.2 Å². The Morgan fingerprint density at radius 1 is 1.43 bits per heavy atom. The molecule has 1 atom stereocenters. The minimum absolute atomic E-state index is 0.0100. The van der Waals surface area contributed by atoms with Crippen molar-refractivity contribution in [3.8, 4) is 0 Å². The fraction of sp³-hybridized carbons (Fsp3) is 0.357. The van der Waals surface area contributed by atoms with E-state index in [2.05, 4.69) is 10.6 Å². The van der Waals surface area contributed by atoms with E-state index in [1.165, 1.54) is 23.5 Å². The number of halogens is 1. The maximum atomic E-state index is 12.0. The van der Waals surface area contributed by atoms with Gasteiger partial charge in [-0.25, -0.2) is 0 Å². The lowest BCUT2D eigenvalue weighted by Crippen LogP contribution is -2.35. The Hall–Kier alpha value is -1.38. The van der Waals surface area contributed by atoms with E-state index in [4.69, 9.17) is 16.7 Å². The molecule has 1 aliphatic rings.